The second kappa shape index (κ2) is 5.39. The zero-order chi connectivity index (χ0) is 14.3. The number of hydrogen-bond acceptors (Lipinski definition) is 2. The number of thiophene rings is 1. The van der Waals surface area contributed by atoms with Crippen LogP contribution in [0.1, 0.15) is 44.4 Å². The van der Waals surface area contributed by atoms with Crippen LogP contribution in [0.2, 0.25) is 0 Å². The van der Waals surface area contributed by atoms with Crippen molar-refractivity contribution < 1.29 is 5.11 Å². The normalized spacial score (nSPS) is 12.8. The molecule has 0 fully saturated rings. The predicted octanol–water partition coefficient (Wildman–Crippen LogP) is 5.13. The summed E-state index contributed by atoms with van der Waals surface area (Å²) in [5.74, 6) is 0. The van der Waals surface area contributed by atoms with Crippen LogP contribution in [0.25, 0.3) is 0 Å². The Balaban J connectivity index is 2.58. The molecule has 1 nitrogen and oxygen atoms in total. The highest BCUT2D eigenvalue weighted by atomic mass is 79.9. The zero-order valence-electron chi connectivity index (χ0n) is 12.0. The fourth-order valence-corrected chi connectivity index (χ4v) is 3.99. The third-order valence-corrected chi connectivity index (χ3v) is 6.03. The van der Waals surface area contributed by atoms with Gasteiger partial charge in [-0.25, -0.2) is 0 Å². The van der Waals surface area contributed by atoms with Crippen molar-refractivity contribution in [1.29, 1.82) is 0 Å². The Labute approximate surface area is 127 Å². The first-order valence-electron chi connectivity index (χ1n) is 6.34. The smallest absolute Gasteiger partial charge is 0.114 e. The van der Waals surface area contributed by atoms with Crippen LogP contribution < -0.4 is 0 Å². The van der Waals surface area contributed by atoms with E-state index < -0.39 is 6.10 Å². The Kier molecular flexibility index (Phi) is 4.19. The molecule has 1 aromatic carbocycles. The molecule has 1 aromatic heterocycles. The van der Waals surface area contributed by atoms with E-state index in [1.165, 1.54) is 27.8 Å². The first-order valence-corrected chi connectivity index (χ1v) is 7.95. The molecular formula is C16H19BrOS. The summed E-state index contributed by atoms with van der Waals surface area (Å²) in [5.41, 5.74) is 7.11. The van der Waals surface area contributed by atoms with Crippen LogP contribution in [-0.4, -0.2) is 5.11 Å². The van der Waals surface area contributed by atoms with Crippen molar-refractivity contribution in [3.63, 3.8) is 0 Å². The topological polar surface area (TPSA) is 20.2 Å². The lowest BCUT2D eigenvalue weighted by molar-refractivity contribution is 0.222. The summed E-state index contributed by atoms with van der Waals surface area (Å²) in [5, 5.41) is 10.7. The molecule has 2 rings (SSSR count). The minimum Gasteiger partial charge on any atom is -0.383 e. The van der Waals surface area contributed by atoms with Gasteiger partial charge in [0.2, 0.25) is 0 Å². The Morgan fingerprint density at radius 1 is 0.947 bits per heavy atom. The van der Waals surface area contributed by atoms with Crippen molar-refractivity contribution in [3.05, 3.63) is 54.2 Å². The van der Waals surface area contributed by atoms with E-state index in [1.807, 2.05) is 0 Å². The van der Waals surface area contributed by atoms with Gasteiger partial charge in [0.15, 0.2) is 0 Å². The molecular weight excluding hydrogens is 320 g/mol. The van der Waals surface area contributed by atoms with E-state index in [4.69, 9.17) is 0 Å². The fourth-order valence-electron chi connectivity index (χ4n) is 2.42. The summed E-state index contributed by atoms with van der Waals surface area (Å²) in [6.07, 6.45) is -0.534. The van der Waals surface area contributed by atoms with Gasteiger partial charge in [0, 0.05) is 4.88 Å². The van der Waals surface area contributed by atoms with Gasteiger partial charge in [-0.15, -0.1) is 11.3 Å². The molecule has 2 aromatic rings. The molecule has 1 heterocycles. The molecule has 1 atom stereocenters. The van der Waals surface area contributed by atoms with Gasteiger partial charge < -0.3 is 5.11 Å². The molecule has 1 N–H and O–H groups in total. The second-order valence-electron chi connectivity index (χ2n) is 5.18. The molecule has 0 radical (unpaired) electrons. The summed E-state index contributed by atoms with van der Waals surface area (Å²) in [4.78, 5) is 1.00. The lowest BCUT2D eigenvalue weighted by atomic mass is 9.90. The predicted molar refractivity (Wildman–Crippen MR) is 86.2 cm³/mol. The van der Waals surface area contributed by atoms with Crippen LogP contribution in [0.3, 0.4) is 0 Å². The van der Waals surface area contributed by atoms with Gasteiger partial charge in [-0.05, 0) is 90.0 Å². The van der Waals surface area contributed by atoms with Gasteiger partial charge in [0.1, 0.15) is 6.10 Å². The van der Waals surface area contributed by atoms with E-state index in [0.717, 1.165) is 14.2 Å². The number of aryl methyl sites for hydroxylation is 3. The molecule has 0 bridgehead atoms. The van der Waals surface area contributed by atoms with Crippen molar-refractivity contribution in [3.8, 4) is 0 Å². The molecule has 19 heavy (non-hydrogen) atoms. The first-order chi connectivity index (χ1) is 8.82. The Hall–Kier alpha value is -0.640. The third-order valence-electron chi connectivity index (χ3n) is 3.84. The number of aliphatic hydroxyl groups is 1. The highest BCUT2D eigenvalue weighted by molar-refractivity contribution is 9.11. The maximum atomic E-state index is 10.7. The Morgan fingerprint density at radius 3 is 1.89 bits per heavy atom. The quantitative estimate of drug-likeness (QED) is 0.804. The molecule has 0 saturated carbocycles. The van der Waals surface area contributed by atoms with Crippen LogP contribution in [0.15, 0.2) is 15.9 Å². The van der Waals surface area contributed by atoms with Gasteiger partial charge in [-0.3, -0.25) is 0 Å². The minimum atomic E-state index is -0.534. The van der Waals surface area contributed by atoms with E-state index in [-0.39, 0.29) is 0 Å². The van der Waals surface area contributed by atoms with Gasteiger partial charge in [0.05, 0.1) is 3.79 Å². The number of benzene rings is 1. The fraction of sp³-hybridized carbons (Fsp3) is 0.375. The average Bonchev–Trinajstić information content (AvgIpc) is 2.67. The summed E-state index contributed by atoms with van der Waals surface area (Å²) >= 11 is 5.14. The summed E-state index contributed by atoms with van der Waals surface area (Å²) in [6.45, 7) is 10.4. The van der Waals surface area contributed by atoms with Crippen molar-refractivity contribution in [1.82, 2.24) is 0 Å². The number of hydrogen-bond donors (Lipinski definition) is 1. The molecule has 0 spiro atoms. The second-order valence-corrected chi connectivity index (χ2v) is 7.58. The number of rotatable bonds is 2. The maximum Gasteiger partial charge on any atom is 0.114 e. The maximum absolute atomic E-state index is 10.7. The van der Waals surface area contributed by atoms with Crippen molar-refractivity contribution in [2.24, 2.45) is 0 Å². The SMILES string of the molecule is Cc1cc(C(O)c2c(C)c(C)cc(C)c2C)sc1Br. The van der Waals surface area contributed by atoms with Gasteiger partial charge in [-0.2, -0.15) is 0 Å². The summed E-state index contributed by atoms with van der Waals surface area (Å²) in [6, 6.07) is 4.26. The van der Waals surface area contributed by atoms with Crippen LogP contribution >= 0.6 is 27.3 Å². The highest BCUT2D eigenvalue weighted by Crippen LogP contribution is 2.37. The number of aliphatic hydroxyl groups excluding tert-OH is 1. The third kappa shape index (κ3) is 2.64. The number of halogens is 1. The van der Waals surface area contributed by atoms with Crippen LogP contribution in [0.4, 0.5) is 0 Å². The zero-order valence-corrected chi connectivity index (χ0v) is 14.4. The monoisotopic (exact) mass is 338 g/mol. The summed E-state index contributed by atoms with van der Waals surface area (Å²) in [7, 11) is 0. The first kappa shape index (κ1) is 14.8. The molecule has 0 aliphatic carbocycles. The van der Waals surface area contributed by atoms with Crippen LogP contribution in [0, 0.1) is 34.6 Å². The van der Waals surface area contributed by atoms with Crippen LogP contribution in [0.5, 0.6) is 0 Å². The molecule has 0 aliphatic heterocycles. The molecule has 0 saturated heterocycles. The Morgan fingerprint density at radius 2 is 1.47 bits per heavy atom. The highest BCUT2D eigenvalue weighted by Gasteiger charge is 2.20. The van der Waals surface area contributed by atoms with Gasteiger partial charge in [0.25, 0.3) is 0 Å². The van der Waals surface area contributed by atoms with Crippen molar-refractivity contribution >= 4 is 27.3 Å². The molecule has 0 aliphatic rings. The summed E-state index contributed by atoms with van der Waals surface area (Å²) < 4.78 is 1.10. The molecule has 0 amide bonds. The van der Waals surface area contributed by atoms with E-state index in [1.54, 1.807) is 11.3 Å². The standard InChI is InChI=1S/C16H19BrOS/c1-8-6-9(2)12(5)14(11(8)4)15(18)13-7-10(3)16(17)19-13/h6-7,15,18H,1-5H3. The largest absolute Gasteiger partial charge is 0.383 e. The van der Waals surface area contributed by atoms with E-state index in [0.29, 0.717) is 0 Å². The van der Waals surface area contributed by atoms with Crippen molar-refractivity contribution in [2.45, 2.75) is 40.7 Å². The molecule has 1 unspecified atom stereocenters. The molecule has 3 heteroatoms. The van der Waals surface area contributed by atoms with E-state index >= 15 is 0 Å². The lowest BCUT2D eigenvalue weighted by Gasteiger charge is -2.19. The van der Waals surface area contributed by atoms with Gasteiger partial charge >= 0.3 is 0 Å². The minimum absolute atomic E-state index is 0.534. The van der Waals surface area contributed by atoms with Crippen LogP contribution in [-0.2, 0) is 0 Å². The van der Waals surface area contributed by atoms with E-state index in [2.05, 4.69) is 62.7 Å². The molecule has 102 valence electrons. The lowest BCUT2D eigenvalue weighted by Crippen LogP contribution is -2.06. The van der Waals surface area contributed by atoms with Gasteiger partial charge in [-0.1, -0.05) is 6.07 Å². The van der Waals surface area contributed by atoms with E-state index in [9.17, 15) is 5.11 Å². The van der Waals surface area contributed by atoms with Crippen molar-refractivity contribution in [2.75, 3.05) is 0 Å². The average molecular weight is 339 g/mol. The Bertz CT molecular complexity index is 582.